The quantitative estimate of drug-likeness (QED) is 0.122. The van der Waals surface area contributed by atoms with Crippen LogP contribution in [0.1, 0.15) is 32.8 Å². The first kappa shape index (κ1) is 28.4. The lowest BCUT2D eigenvalue weighted by atomic mass is 9.95. The summed E-state index contributed by atoms with van der Waals surface area (Å²) in [6, 6.07) is 42.1. The summed E-state index contributed by atoms with van der Waals surface area (Å²) in [5.74, 6) is 0.933. The maximum Gasteiger partial charge on any atom is 0.229 e. The van der Waals surface area contributed by atoms with E-state index in [1.165, 1.54) is 0 Å². The van der Waals surface area contributed by atoms with Gasteiger partial charge in [0, 0.05) is 39.8 Å². The van der Waals surface area contributed by atoms with E-state index in [9.17, 15) is 5.41 Å². The molecule has 0 saturated carbocycles. The minimum Gasteiger partial charge on any atom is -0.350 e. The molecule has 2 heterocycles. The molecule has 7 rings (SSSR count). The Morgan fingerprint density at radius 3 is 2.07 bits per heavy atom. The summed E-state index contributed by atoms with van der Waals surface area (Å²) in [6.45, 7) is 6.46. The number of nitrogens with one attached hydrogen (secondary N) is 1. The zero-order chi connectivity index (χ0) is 31.1. The molecule has 1 unspecified atom stereocenters. The summed E-state index contributed by atoms with van der Waals surface area (Å²) in [5.41, 5.74) is 5.99. The van der Waals surface area contributed by atoms with Crippen molar-refractivity contribution in [1.82, 2.24) is 14.0 Å². The lowest BCUT2D eigenvalue weighted by molar-refractivity contribution is 0.285. The molecule has 0 spiro atoms. The number of hydrogen-bond donors (Lipinski definition) is 1. The predicted octanol–water partition coefficient (Wildman–Crippen LogP) is 9.80. The molecule has 5 heteroatoms. The van der Waals surface area contributed by atoms with Crippen molar-refractivity contribution in [2.24, 2.45) is 4.99 Å². The maximum absolute atomic E-state index is 9.73. The zero-order valence-corrected chi connectivity index (χ0v) is 26.2. The summed E-state index contributed by atoms with van der Waals surface area (Å²) in [6.07, 6.45) is 5.21. The molecule has 222 valence electrons. The van der Waals surface area contributed by atoms with Crippen LogP contribution in [0.4, 0.5) is 0 Å². The Balaban J connectivity index is 1.57. The lowest BCUT2D eigenvalue weighted by Crippen LogP contribution is -2.46. The van der Waals surface area contributed by atoms with E-state index in [4.69, 9.17) is 4.99 Å². The van der Waals surface area contributed by atoms with Gasteiger partial charge in [0.2, 0.25) is 5.96 Å². The van der Waals surface area contributed by atoms with Gasteiger partial charge in [-0.3, -0.25) is 9.98 Å². The third kappa shape index (κ3) is 4.54. The van der Waals surface area contributed by atoms with Gasteiger partial charge in [0.25, 0.3) is 0 Å². The van der Waals surface area contributed by atoms with Crippen molar-refractivity contribution in [3.63, 3.8) is 0 Å². The molecule has 7 aromatic rings. The van der Waals surface area contributed by atoms with Gasteiger partial charge in [-0.15, -0.1) is 0 Å². The number of benzene rings is 5. The van der Waals surface area contributed by atoms with Crippen LogP contribution in [0.3, 0.4) is 0 Å². The molecule has 0 aliphatic carbocycles. The normalized spacial score (nSPS) is 13.7. The number of allylic oxidation sites excluding steroid dienone is 1. The van der Waals surface area contributed by atoms with Gasteiger partial charge in [-0.25, -0.2) is 0 Å². The van der Waals surface area contributed by atoms with Crippen molar-refractivity contribution in [2.45, 2.75) is 32.7 Å². The predicted molar refractivity (Wildman–Crippen MR) is 191 cm³/mol. The molecule has 5 nitrogen and oxygen atoms in total. The van der Waals surface area contributed by atoms with E-state index in [-0.39, 0.29) is 11.5 Å². The number of fused-ring (bicyclic) bond motifs is 7. The Hall–Kier alpha value is -5.42. The van der Waals surface area contributed by atoms with Gasteiger partial charge < -0.3 is 9.47 Å². The molecule has 0 radical (unpaired) electrons. The highest BCUT2D eigenvalue weighted by Gasteiger charge is 2.29. The highest BCUT2D eigenvalue weighted by Crippen LogP contribution is 2.40. The van der Waals surface area contributed by atoms with Crippen LogP contribution in [0, 0.1) is 5.41 Å². The molecular weight excluding hydrogens is 550 g/mol. The first-order valence-corrected chi connectivity index (χ1v) is 15.6. The number of likely N-dealkylation sites (N-methyl/N-ethyl adjacent to an activating group) is 1. The number of aromatic nitrogens is 2. The Morgan fingerprint density at radius 2 is 1.38 bits per heavy atom. The van der Waals surface area contributed by atoms with Crippen molar-refractivity contribution in [3.05, 3.63) is 139 Å². The Morgan fingerprint density at radius 1 is 0.756 bits per heavy atom. The van der Waals surface area contributed by atoms with Crippen LogP contribution in [0.2, 0.25) is 0 Å². The first-order chi connectivity index (χ1) is 22.0. The van der Waals surface area contributed by atoms with Crippen LogP contribution in [-0.4, -0.2) is 38.4 Å². The molecule has 0 fully saturated rings. The maximum atomic E-state index is 9.73. The highest BCUT2D eigenvalue weighted by atomic mass is 15.3. The molecule has 0 aliphatic heterocycles. The molecule has 5 aromatic carbocycles. The van der Waals surface area contributed by atoms with E-state index in [1.807, 2.05) is 34.9 Å². The van der Waals surface area contributed by atoms with Crippen molar-refractivity contribution >= 4 is 55.4 Å². The van der Waals surface area contributed by atoms with Crippen LogP contribution in [0.25, 0.3) is 49.3 Å². The summed E-state index contributed by atoms with van der Waals surface area (Å²) in [5, 5.41) is 14.2. The summed E-state index contributed by atoms with van der Waals surface area (Å²) >= 11 is 0. The molecule has 1 atom stereocenters. The topological polar surface area (TPSA) is 49.3 Å². The smallest absolute Gasteiger partial charge is 0.229 e. The van der Waals surface area contributed by atoms with Gasteiger partial charge in [-0.2, -0.15) is 4.99 Å². The minimum atomic E-state index is -0.277. The average molecular weight is 588 g/mol. The van der Waals surface area contributed by atoms with Gasteiger partial charge in [0.05, 0.1) is 27.6 Å². The number of amidine groups is 1. The second-order valence-corrected chi connectivity index (χ2v) is 11.8. The third-order valence-electron chi connectivity index (χ3n) is 9.27. The number of para-hydroxylation sites is 3. The van der Waals surface area contributed by atoms with Crippen LogP contribution < -0.4 is 0 Å². The fraction of sp³-hybridized carbons (Fsp3) is 0.150. The highest BCUT2D eigenvalue weighted by molar-refractivity contribution is 6.28. The SMILES string of the molecule is C/C=C\C(C)(CC)N(C)C(=NC(=N)n1c2ccccc2c2ccc3c(c4ccccc4n3-c3ccccc3)c21)c1ccccc1. The number of rotatable bonds is 5. The van der Waals surface area contributed by atoms with Gasteiger partial charge >= 0.3 is 0 Å². The number of aliphatic imine (C=N–C) groups is 1. The van der Waals surface area contributed by atoms with Crippen molar-refractivity contribution in [3.8, 4) is 5.69 Å². The molecule has 2 aromatic heterocycles. The van der Waals surface area contributed by atoms with Gasteiger partial charge in [0.15, 0.2) is 0 Å². The molecular formula is C40H37N5. The van der Waals surface area contributed by atoms with E-state index in [0.29, 0.717) is 0 Å². The first-order valence-electron chi connectivity index (χ1n) is 15.6. The van der Waals surface area contributed by atoms with Crippen molar-refractivity contribution in [1.29, 1.82) is 5.41 Å². The number of nitrogens with zero attached hydrogens (tertiary/aromatic N) is 4. The second-order valence-electron chi connectivity index (χ2n) is 11.8. The summed E-state index contributed by atoms with van der Waals surface area (Å²) < 4.78 is 4.37. The van der Waals surface area contributed by atoms with Crippen molar-refractivity contribution in [2.75, 3.05) is 7.05 Å². The summed E-state index contributed by atoms with van der Waals surface area (Å²) in [4.78, 5) is 7.40. The summed E-state index contributed by atoms with van der Waals surface area (Å²) in [7, 11) is 2.08. The van der Waals surface area contributed by atoms with E-state index in [1.54, 1.807) is 0 Å². The lowest BCUT2D eigenvalue weighted by Gasteiger charge is -2.38. The molecule has 0 saturated heterocycles. The van der Waals surface area contributed by atoms with Crippen LogP contribution in [0.15, 0.2) is 138 Å². The van der Waals surface area contributed by atoms with Gasteiger partial charge in [-0.1, -0.05) is 110 Å². The van der Waals surface area contributed by atoms with Crippen LogP contribution in [-0.2, 0) is 0 Å². The minimum absolute atomic E-state index is 0.176. The largest absolute Gasteiger partial charge is 0.350 e. The Kier molecular flexibility index (Phi) is 7.09. The Labute approximate surface area is 263 Å². The zero-order valence-electron chi connectivity index (χ0n) is 26.2. The fourth-order valence-corrected chi connectivity index (χ4v) is 6.72. The molecule has 1 N–H and O–H groups in total. The Bertz CT molecular complexity index is 2250. The average Bonchev–Trinajstić information content (AvgIpc) is 3.60. The van der Waals surface area contributed by atoms with Crippen molar-refractivity contribution < 1.29 is 0 Å². The van der Waals surface area contributed by atoms with E-state index in [2.05, 4.69) is 140 Å². The van der Waals surface area contributed by atoms with Gasteiger partial charge in [-0.05, 0) is 50.6 Å². The second kappa shape index (κ2) is 11.3. The van der Waals surface area contributed by atoms with E-state index >= 15 is 0 Å². The molecule has 45 heavy (non-hydrogen) atoms. The van der Waals surface area contributed by atoms with Gasteiger partial charge in [0.1, 0.15) is 5.84 Å². The monoisotopic (exact) mass is 587 g/mol. The molecule has 0 bridgehead atoms. The van der Waals surface area contributed by atoms with Crippen LogP contribution in [0.5, 0.6) is 0 Å². The fourth-order valence-electron chi connectivity index (χ4n) is 6.72. The molecule has 0 aliphatic rings. The third-order valence-corrected chi connectivity index (χ3v) is 9.27. The van der Waals surface area contributed by atoms with Crippen LogP contribution >= 0.6 is 0 Å². The molecule has 0 amide bonds. The number of hydrogen-bond acceptors (Lipinski definition) is 1. The van der Waals surface area contributed by atoms with E-state index in [0.717, 1.165) is 67.1 Å². The van der Waals surface area contributed by atoms with E-state index < -0.39 is 0 Å². The standard InChI is InChI=1S/C40H37N5/c1-5-27-40(3,6-2)43(4)38(28-17-9-7-10-18-28)42-39(41)45-33-23-15-13-21-30(33)31-25-26-35-36(37(31)45)32-22-14-16-24-34(32)44(35)29-19-11-8-12-20-29/h5,7-27,41H,6H2,1-4H3/b27-5-,41-39?,42-38?.